The zero-order valence-corrected chi connectivity index (χ0v) is 10.5. The molecule has 0 radical (unpaired) electrons. The normalized spacial score (nSPS) is 29.8. The second-order valence-electron chi connectivity index (χ2n) is 5.82. The molecule has 0 amide bonds. The maximum atomic E-state index is 5.69. The Kier molecular flexibility index (Phi) is 2.93. The van der Waals surface area contributed by atoms with Gasteiger partial charge < -0.3 is 0 Å². The van der Waals surface area contributed by atoms with E-state index >= 15 is 0 Å². The van der Waals surface area contributed by atoms with Gasteiger partial charge in [0, 0.05) is 6.04 Å². The number of hydrogen-bond donors (Lipinski definition) is 2. The van der Waals surface area contributed by atoms with E-state index < -0.39 is 0 Å². The highest BCUT2D eigenvalue weighted by molar-refractivity contribution is 5.29. The van der Waals surface area contributed by atoms with Gasteiger partial charge in [0.1, 0.15) is 0 Å². The summed E-state index contributed by atoms with van der Waals surface area (Å²) in [7, 11) is 0. The fourth-order valence-corrected chi connectivity index (χ4v) is 3.00. The maximum absolute atomic E-state index is 5.69. The third-order valence-electron chi connectivity index (χ3n) is 4.65. The molecular formula is C15H22N2. The Morgan fingerprint density at radius 2 is 1.88 bits per heavy atom. The molecule has 0 saturated heterocycles. The van der Waals surface area contributed by atoms with Crippen molar-refractivity contribution in [3.8, 4) is 0 Å². The molecule has 2 nitrogen and oxygen atoms in total. The highest BCUT2D eigenvalue weighted by atomic mass is 15.2. The average Bonchev–Trinajstić information content (AvgIpc) is 2.97. The molecule has 92 valence electrons. The lowest BCUT2D eigenvalue weighted by Crippen LogP contribution is -2.29. The molecule has 0 spiro atoms. The third-order valence-corrected chi connectivity index (χ3v) is 4.65. The van der Waals surface area contributed by atoms with Gasteiger partial charge in [-0.3, -0.25) is 11.3 Å². The molecule has 3 atom stereocenters. The van der Waals surface area contributed by atoms with Crippen molar-refractivity contribution in [1.82, 2.24) is 5.43 Å². The van der Waals surface area contributed by atoms with Gasteiger partial charge in [-0.05, 0) is 48.1 Å². The first-order valence-electron chi connectivity index (χ1n) is 6.85. The Morgan fingerprint density at radius 3 is 2.29 bits per heavy atom. The lowest BCUT2D eigenvalue weighted by atomic mass is 9.80. The number of benzene rings is 1. The molecule has 2 fully saturated rings. The second kappa shape index (κ2) is 4.43. The van der Waals surface area contributed by atoms with Gasteiger partial charge in [0.15, 0.2) is 0 Å². The summed E-state index contributed by atoms with van der Waals surface area (Å²) in [5.74, 6) is 8.07. The van der Waals surface area contributed by atoms with Crippen LogP contribution in [-0.4, -0.2) is 0 Å². The molecule has 2 heteroatoms. The standard InChI is InChI=1S/C15H22N2/c1-10-9-14(10)15(17-16)13-7-5-12(6-8-13)11-3-2-4-11/h5-8,10-11,14-15,17H,2-4,9,16H2,1H3. The largest absolute Gasteiger partial charge is 0.271 e. The summed E-state index contributed by atoms with van der Waals surface area (Å²) in [6.45, 7) is 2.30. The fraction of sp³-hybridized carbons (Fsp3) is 0.600. The van der Waals surface area contributed by atoms with E-state index in [0.717, 1.165) is 17.8 Å². The molecule has 1 aromatic rings. The van der Waals surface area contributed by atoms with E-state index in [1.54, 1.807) is 0 Å². The molecule has 2 aliphatic carbocycles. The third kappa shape index (κ3) is 2.12. The number of hydrogen-bond acceptors (Lipinski definition) is 2. The van der Waals surface area contributed by atoms with Crippen molar-refractivity contribution in [3.05, 3.63) is 35.4 Å². The van der Waals surface area contributed by atoms with Gasteiger partial charge in [-0.1, -0.05) is 37.6 Å². The molecule has 0 aliphatic heterocycles. The van der Waals surface area contributed by atoms with Crippen LogP contribution >= 0.6 is 0 Å². The Hall–Kier alpha value is -0.860. The van der Waals surface area contributed by atoms with Crippen LogP contribution in [0.4, 0.5) is 0 Å². The second-order valence-corrected chi connectivity index (χ2v) is 5.82. The van der Waals surface area contributed by atoms with Crippen LogP contribution in [0.2, 0.25) is 0 Å². The SMILES string of the molecule is CC1CC1C(NN)c1ccc(C2CCC2)cc1. The van der Waals surface area contributed by atoms with E-state index in [1.165, 1.54) is 36.8 Å². The Balaban J connectivity index is 1.73. The van der Waals surface area contributed by atoms with Crippen LogP contribution in [0.15, 0.2) is 24.3 Å². The summed E-state index contributed by atoms with van der Waals surface area (Å²) >= 11 is 0. The first-order valence-corrected chi connectivity index (χ1v) is 6.85. The number of nitrogens with one attached hydrogen (secondary N) is 1. The zero-order chi connectivity index (χ0) is 11.8. The van der Waals surface area contributed by atoms with E-state index in [4.69, 9.17) is 5.84 Å². The van der Waals surface area contributed by atoms with Gasteiger partial charge in [-0.2, -0.15) is 0 Å². The van der Waals surface area contributed by atoms with Crippen LogP contribution in [0.1, 0.15) is 55.7 Å². The van der Waals surface area contributed by atoms with Crippen LogP contribution in [0.25, 0.3) is 0 Å². The number of rotatable bonds is 4. The first kappa shape index (κ1) is 11.2. The summed E-state index contributed by atoms with van der Waals surface area (Å²) in [6.07, 6.45) is 5.45. The number of hydrazine groups is 1. The van der Waals surface area contributed by atoms with Crippen molar-refractivity contribution in [2.75, 3.05) is 0 Å². The molecule has 2 aliphatic rings. The first-order chi connectivity index (χ1) is 8.29. The molecule has 3 rings (SSSR count). The van der Waals surface area contributed by atoms with E-state index in [0.29, 0.717) is 6.04 Å². The van der Waals surface area contributed by atoms with Crippen molar-refractivity contribution < 1.29 is 0 Å². The predicted molar refractivity (Wildman–Crippen MR) is 70.4 cm³/mol. The average molecular weight is 230 g/mol. The minimum atomic E-state index is 0.348. The van der Waals surface area contributed by atoms with Gasteiger partial charge in [0.25, 0.3) is 0 Å². The van der Waals surface area contributed by atoms with E-state index in [2.05, 4.69) is 36.6 Å². The lowest BCUT2D eigenvalue weighted by Gasteiger charge is -2.26. The number of nitrogens with two attached hydrogens (primary N) is 1. The summed E-state index contributed by atoms with van der Waals surface area (Å²) in [5, 5.41) is 0. The molecule has 2 saturated carbocycles. The highest BCUT2D eigenvalue weighted by Gasteiger charge is 2.39. The van der Waals surface area contributed by atoms with Crippen molar-refractivity contribution >= 4 is 0 Å². The van der Waals surface area contributed by atoms with Crippen molar-refractivity contribution in [2.24, 2.45) is 17.7 Å². The van der Waals surface area contributed by atoms with Gasteiger partial charge in [-0.25, -0.2) is 0 Å². The zero-order valence-electron chi connectivity index (χ0n) is 10.5. The van der Waals surface area contributed by atoms with Crippen LogP contribution in [0.3, 0.4) is 0 Å². The minimum Gasteiger partial charge on any atom is -0.271 e. The van der Waals surface area contributed by atoms with E-state index in [1.807, 2.05) is 0 Å². The van der Waals surface area contributed by atoms with Gasteiger partial charge >= 0.3 is 0 Å². The molecular weight excluding hydrogens is 208 g/mol. The summed E-state index contributed by atoms with van der Waals surface area (Å²) in [5.41, 5.74) is 5.85. The van der Waals surface area contributed by atoms with E-state index in [-0.39, 0.29) is 0 Å². The molecule has 3 unspecified atom stereocenters. The summed E-state index contributed by atoms with van der Waals surface area (Å²) in [6, 6.07) is 9.49. The van der Waals surface area contributed by atoms with Crippen molar-refractivity contribution in [3.63, 3.8) is 0 Å². The van der Waals surface area contributed by atoms with Gasteiger partial charge in [0.05, 0.1) is 0 Å². The monoisotopic (exact) mass is 230 g/mol. The molecule has 17 heavy (non-hydrogen) atoms. The van der Waals surface area contributed by atoms with Gasteiger partial charge in [0.2, 0.25) is 0 Å². The Morgan fingerprint density at radius 1 is 1.24 bits per heavy atom. The molecule has 1 aromatic carbocycles. The topological polar surface area (TPSA) is 38.0 Å². The van der Waals surface area contributed by atoms with Crippen LogP contribution in [0.5, 0.6) is 0 Å². The molecule has 3 N–H and O–H groups in total. The molecule has 0 heterocycles. The van der Waals surface area contributed by atoms with Crippen LogP contribution in [-0.2, 0) is 0 Å². The van der Waals surface area contributed by atoms with Gasteiger partial charge in [-0.15, -0.1) is 0 Å². The van der Waals surface area contributed by atoms with Crippen LogP contribution < -0.4 is 11.3 Å². The highest BCUT2D eigenvalue weighted by Crippen LogP contribution is 2.46. The quantitative estimate of drug-likeness (QED) is 0.616. The summed E-state index contributed by atoms with van der Waals surface area (Å²) in [4.78, 5) is 0. The molecule has 0 aromatic heterocycles. The minimum absolute atomic E-state index is 0.348. The van der Waals surface area contributed by atoms with Crippen molar-refractivity contribution in [2.45, 2.75) is 44.6 Å². The summed E-state index contributed by atoms with van der Waals surface area (Å²) < 4.78 is 0. The van der Waals surface area contributed by atoms with Crippen LogP contribution in [0, 0.1) is 11.8 Å². The van der Waals surface area contributed by atoms with E-state index in [9.17, 15) is 0 Å². The predicted octanol–water partition coefficient (Wildman–Crippen LogP) is 3.11. The van der Waals surface area contributed by atoms with Crippen molar-refractivity contribution in [1.29, 1.82) is 0 Å². The fourth-order valence-electron chi connectivity index (χ4n) is 3.00. The molecule has 0 bridgehead atoms. The Labute approximate surface area is 104 Å². The lowest BCUT2D eigenvalue weighted by molar-refractivity contribution is 0.419. The maximum Gasteiger partial charge on any atom is 0.0490 e. The Bertz CT molecular complexity index is 380. The smallest absolute Gasteiger partial charge is 0.0490 e.